The molecule has 0 aliphatic heterocycles. The molecule has 1 N–H and O–H groups in total. The van der Waals surface area contributed by atoms with Crippen LogP contribution >= 0.6 is 0 Å². The molecule has 1 saturated carbocycles. The lowest BCUT2D eigenvalue weighted by atomic mass is 9.83. The van der Waals surface area contributed by atoms with E-state index in [1.54, 1.807) is 0 Å². The highest BCUT2D eigenvalue weighted by Crippen LogP contribution is 2.26. The predicted octanol–water partition coefficient (Wildman–Crippen LogP) is 3.24. The lowest BCUT2D eigenvalue weighted by Crippen LogP contribution is -2.43. The largest absolute Gasteiger partial charge is 0.440 e. The monoisotopic (exact) mass is 253 g/mol. The van der Waals surface area contributed by atoms with Crippen LogP contribution in [0.1, 0.15) is 39.0 Å². The van der Waals surface area contributed by atoms with Crippen LogP contribution in [0.2, 0.25) is 0 Å². The van der Waals surface area contributed by atoms with E-state index in [0.717, 1.165) is 32.1 Å². The number of alkyl halides is 3. The van der Waals surface area contributed by atoms with Gasteiger partial charge in [0.05, 0.1) is 0 Å². The zero-order valence-electron chi connectivity index (χ0n) is 9.85. The first kappa shape index (κ1) is 14.1. The van der Waals surface area contributed by atoms with Gasteiger partial charge in [0.2, 0.25) is 0 Å². The van der Waals surface area contributed by atoms with Gasteiger partial charge in [0.1, 0.15) is 0 Å². The fourth-order valence-corrected chi connectivity index (χ4v) is 2.23. The van der Waals surface area contributed by atoms with Crippen molar-refractivity contribution in [1.29, 1.82) is 0 Å². The number of alkyl carbamates (subject to hydrolysis) is 1. The van der Waals surface area contributed by atoms with E-state index in [1.807, 2.05) is 6.92 Å². The Bertz CT molecular complexity index is 256. The molecule has 0 bridgehead atoms. The van der Waals surface area contributed by atoms with Gasteiger partial charge >= 0.3 is 12.3 Å². The Labute approximate surface area is 98.7 Å². The molecule has 100 valence electrons. The van der Waals surface area contributed by atoms with Gasteiger partial charge in [-0.05, 0) is 18.8 Å². The van der Waals surface area contributed by atoms with E-state index in [2.05, 4.69) is 10.1 Å². The van der Waals surface area contributed by atoms with Crippen molar-refractivity contribution in [3.63, 3.8) is 0 Å². The summed E-state index contributed by atoms with van der Waals surface area (Å²) in [6.07, 6.45) is -0.555. The van der Waals surface area contributed by atoms with Crippen LogP contribution in [0.25, 0.3) is 0 Å². The molecular formula is C11H18F3NO2. The lowest BCUT2D eigenvalue weighted by Gasteiger charge is -2.31. The molecule has 1 aliphatic rings. The SMILES string of the molecule is CCC1CCCCC1NC(=O)OCC(F)(F)F. The molecule has 0 radical (unpaired) electrons. The highest BCUT2D eigenvalue weighted by Gasteiger charge is 2.31. The Balaban J connectivity index is 2.33. The Morgan fingerprint density at radius 3 is 2.59 bits per heavy atom. The van der Waals surface area contributed by atoms with Crippen LogP contribution < -0.4 is 5.32 Å². The fraction of sp³-hybridized carbons (Fsp3) is 0.909. The molecule has 17 heavy (non-hydrogen) atoms. The minimum absolute atomic E-state index is 0.0468. The zero-order chi connectivity index (χ0) is 12.9. The Kier molecular flexibility index (Phi) is 5.08. The van der Waals surface area contributed by atoms with E-state index in [4.69, 9.17) is 0 Å². The van der Waals surface area contributed by atoms with Crippen LogP contribution in [0, 0.1) is 5.92 Å². The summed E-state index contributed by atoms with van der Waals surface area (Å²) in [5.74, 6) is 0.349. The van der Waals surface area contributed by atoms with Crippen molar-refractivity contribution in [2.75, 3.05) is 6.61 Å². The first-order chi connectivity index (χ1) is 7.92. The third kappa shape index (κ3) is 5.28. The van der Waals surface area contributed by atoms with E-state index in [9.17, 15) is 18.0 Å². The first-order valence-electron chi connectivity index (χ1n) is 5.92. The van der Waals surface area contributed by atoms with Crippen LogP contribution in [0.15, 0.2) is 0 Å². The summed E-state index contributed by atoms with van der Waals surface area (Å²) in [4.78, 5) is 11.2. The summed E-state index contributed by atoms with van der Waals surface area (Å²) in [5.41, 5.74) is 0. The molecule has 0 heterocycles. The van der Waals surface area contributed by atoms with Crippen LogP contribution in [0.5, 0.6) is 0 Å². The molecule has 0 aromatic rings. The van der Waals surface area contributed by atoms with E-state index in [0.29, 0.717) is 5.92 Å². The number of hydrogen-bond donors (Lipinski definition) is 1. The van der Waals surface area contributed by atoms with Crippen molar-refractivity contribution in [2.24, 2.45) is 5.92 Å². The molecule has 6 heteroatoms. The first-order valence-corrected chi connectivity index (χ1v) is 5.92. The third-order valence-corrected chi connectivity index (χ3v) is 3.10. The Morgan fingerprint density at radius 1 is 1.35 bits per heavy atom. The highest BCUT2D eigenvalue weighted by molar-refractivity contribution is 5.67. The summed E-state index contributed by atoms with van der Waals surface area (Å²) < 4.78 is 39.6. The number of amides is 1. The van der Waals surface area contributed by atoms with E-state index in [1.165, 1.54) is 0 Å². The maximum Gasteiger partial charge on any atom is 0.422 e. The average Bonchev–Trinajstić information content (AvgIpc) is 2.26. The second kappa shape index (κ2) is 6.12. The Morgan fingerprint density at radius 2 is 2.00 bits per heavy atom. The van der Waals surface area contributed by atoms with E-state index in [-0.39, 0.29) is 6.04 Å². The second-order valence-electron chi connectivity index (χ2n) is 4.39. The van der Waals surface area contributed by atoms with Crippen LogP contribution in [-0.4, -0.2) is 24.9 Å². The van der Waals surface area contributed by atoms with Gasteiger partial charge < -0.3 is 10.1 Å². The van der Waals surface area contributed by atoms with Crippen LogP contribution in [-0.2, 0) is 4.74 Å². The van der Waals surface area contributed by atoms with Crippen molar-refractivity contribution in [3.05, 3.63) is 0 Å². The number of halogens is 3. The van der Waals surface area contributed by atoms with Crippen LogP contribution in [0.4, 0.5) is 18.0 Å². The average molecular weight is 253 g/mol. The van der Waals surface area contributed by atoms with Crippen LogP contribution in [0.3, 0.4) is 0 Å². The predicted molar refractivity (Wildman–Crippen MR) is 56.6 cm³/mol. The minimum Gasteiger partial charge on any atom is -0.440 e. The normalized spacial score (nSPS) is 25.4. The molecule has 0 spiro atoms. The number of hydrogen-bond acceptors (Lipinski definition) is 2. The number of carbonyl (C=O) groups is 1. The summed E-state index contributed by atoms with van der Waals surface area (Å²) in [6.45, 7) is 0.494. The third-order valence-electron chi connectivity index (χ3n) is 3.10. The summed E-state index contributed by atoms with van der Waals surface area (Å²) in [5, 5.41) is 2.53. The second-order valence-corrected chi connectivity index (χ2v) is 4.39. The maximum absolute atomic E-state index is 11.8. The molecule has 1 amide bonds. The zero-order valence-corrected chi connectivity index (χ0v) is 9.85. The summed E-state index contributed by atoms with van der Waals surface area (Å²) in [7, 11) is 0. The molecule has 1 rings (SSSR count). The van der Waals surface area contributed by atoms with Gasteiger partial charge in [0.15, 0.2) is 6.61 Å². The molecule has 1 fully saturated rings. The van der Waals surface area contributed by atoms with Gasteiger partial charge in [-0.25, -0.2) is 4.79 Å². The van der Waals surface area contributed by atoms with Gasteiger partial charge in [-0.2, -0.15) is 13.2 Å². The van der Waals surface area contributed by atoms with E-state index >= 15 is 0 Å². The van der Waals surface area contributed by atoms with Crippen molar-refractivity contribution in [2.45, 2.75) is 51.2 Å². The van der Waals surface area contributed by atoms with Gasteiger partial charge in [-0.1, -0.05) is 26.2 Å². The van der Waals surface area contributed by atoms with Gasteiger partial charge in [0, 0.05) is 6.04 Å². The molecule has 3 nitrogen and oxygen atoms in total. The van der Waals surface area contributed by atoms with Crippen molar-refractivity contribution >= 4 is 6.09 Å². The smallest absolute Gasteiger partial charge is 0.422 e. The standard InChI is InChI=1S/C11H18F3NO2/c1-2-8-5-3-4-6-9(8)15-10(16)17-7-11(12,13)14/h8-9H,2-7H2,1H3,(H,15,16). The van der Waals surface area contributed by atoms with Gasteiger partial charge in [-0.3, -0.25) is 0 Å². The minimum atomic E-state index is -4.46. The number of carbonyl (C=O) groups excluding carboxylic acids is 1. The topological polar surface area (TPSA) is 38.3 Å². The lowest BCUT2D eigenvalue weighted by molar-refractivity contribution is -0.160. The molecule has 0 aromatic heterocycles. The quantitative estimate of drug-likeness (QED) is 0.838. The van der Waals surface area contributed by atoms with Crippen molar-refractivity contribution in [3.8, 4) is 0 Å². The molecule has 0 saturated heterocycles. The van der Waals surface area contributed by atoms with Gasteiger partial charge in [0.25, 0.3) is 0 Å². The molecule has 1 aliphatic carbocycles. The highest BCUT2D eigenvalue weighted by atomic mass is 19.4. The van der Waals surface area contributed by atoms with Gasteiger partial charge in [-0.15, -0.1) is 0 Å². The molecule has 2 atom stereocenters. The molecule has 2 unspecified atom stereocenters. The summed E-state index contributed by atoms with van der Waals surface area (Å²) >= 11 is 0. The number of nitrogens with one attached hydrogen (secondary N) is 1. The Hall–Kier alpha value is -0.940. The number of rotatable bonds is 3. The molecule has 0 aromatic carbocycles. The molecular weight excluding hydrogens is 235 g/mol. The van der Waals surface area contributed by atoms with Crippen molar-refractivity contribution in [1.82, 2.24) is 5.32 Å². The van der Waals surface area contributed by atoms with E-state index < -0.39 is 18.9 Å². The number of ether oxygens (including phenoxy) is 1. The van der Waals surface area contributed by atoms with Crippen molar-refractivity contribution < 1.29 is 22.7 Å². The fourth-order valence-electron chi connectivity index (χ4n) is 2.23. The summed E-state index contributed by atoms with van der Waals surface area (Å²) in [6, 6.07) is -0.0468. The maximum atomic E-state index is 11.8.